The highest BCUT2D eigenvalue weighted by atomic mass is 32.2. The Kier molecular flexibility index (Phi) is 5.96. The van der Waals surface area contributed by atoms with E-state index in [4.69, 9.17) is 4.42 Å². The molecule has 0 unspecified atom stereocenters. The van der Waals surface area contributed by atoms with Crippen LogP contribution in [0.2, 0.25) is 0 Å². The zero-order valence-electron chi connectivity index (χ0n) is 15.2. The molecule has 0 bridgehead atoms. The lowest BCUT2D eigenvalue weighted by Gasteiger charge is -2.35. The van der Waals surface area contributed by atoms with Crippen molar-refractivity contribution in [2.75, 3.05) is 0 Å². The van der Waals surface area contributed by atoms with Gasteiger partial charge < -0.3 is 9.73 Å². The number of nitrogens with one attached hydrogen (secondary N) is 1. The minimum atomic E-state index is -0.332. The van der Waals surface area contributed by atoms with E-state index >= 15 is 0 Å². The molecule has 0 aliphatic heterocycles. The van der Waals surface area contributed by atoms with Crippen LogP contribution in [0.5, 0.6) is 0 Å². The highest BCUT2D eigenvalue weighted by molar-refractivity contribution is 8.00. The summed E-state index contributed by atoms with van der Waals surface area (Å²) in [5.41, 5.74) is 0.646. The van der Waals surface area contributed by atoms with Crippen molar-refractivity contribution in [3.63, 3.8) is 0 Å². The quantitative estimate of drug-likeness (QED) is 0.787. The number of rotatable bonds is 5. The van der Waals surface area contributed by atoms with Gasteiger partial charge in [-0.05, 0) is 49.4 Å². The number of carbonyl (C=O) groups is 1. The van der Waals surface area contributed by atoms with E-state index in [0.29, 0.717) is 28.5 Å². The van der Waals surface area contributed by atoms with E-state index in [0.717, 1.165) is 12.8 Å². The molecule has 140 valence electrons. The number of hydrogen-bond donors (Lipinski definition) is 1. The second kappa shape index (κ2) is 8.20. The van der Waals surface area contributed by atoms with Gasteiger partial charge in [0.1, 0.15) is 5.82 Å². The summed E-state index contributed by atoms with van der Waals surface area (Å²) in [5, 5.41) is 11.1. The van der Waals surface area contributed by atoms with Crippen LogP contribution in [0.15, 0.2) is 33.9 Å². The van der Waals surface area contributed by atoms with Gasteiger partial charge in [0.05, 0.1) is 5.25 Å². The van der Waals surface area contributed by atoms with Crippen LogP contribution in [0.1, 0.15) is 40.0 Å². The van der Waals surface area contributed by atoms with Gasteiger partial charge in [0, 0.05) is 11.6 Å². The molecule has 26 heavy (non-hydrogen) atoms. The van der Waals surface area contributed by atoms with Crippen LogP contribution in [0.4, 0.5) is 4.39 Å². The average molecular weight is 377 g/mol. The number of halogens is 1. The zero-order chi connectivity index (χ0) is 18.7. The van der Waals surface area contributed by atoms with Crippen molar-refractivity contribution in [2.24, 2.45) is 11.8 Å². The minimum Gasteiger partial charge on any atom is -0.411 e. The van der Waals surface area contributed by atoms with Crippen molar-refractivity contribution in [2.45, 2.75) is 56.5 Å². The summed E-state index contributed by atoms with van der Waals surface area (Å²) in [4.78, 5) is 12.5. The number of nitrogens with zero attached hydrogens (tertiary/aromatic N) is 2. The molecule has 7 heteroatoms. The Bertz CT molecular complexity index is 749. The SMILES string of the molecule is C[C@@H]1[C@H](C)CCC[C@H]1NC(=O)[C@@H](C)Sc1nnc(-c2ccc(F)cc2)o1. The number of carbonyl (C=O) groups excluding carboxylic acids is 1. The Morgan fingerprint density at radius 3 is 2.73 bits per heavy atom. The molecule has 0 spiro atoms. The first-order chi connectivity index (χ1) is 12.4. The van der Waals surface area contributed by atoms with Gasteiger partial charge in [-0.3, -0.25) is 4.79 Å². The van der Waals surface area contributed by atoms with Gasteiger partial charge >= 0.3 is 0 Å². The molecule has 1 aliphatic carbocycles. The normalized spacial score (nSPS) is 24.2. The monoisotopic (exact) mass is 377 g/mol. The van der Waals surface area contributed by atoms with Gasteiger partial charge in [0.2, 0.25) is 11.8 Å². The Labute approximate surface area is 157 Å². The number of thioether (sulfide) groups is 1. The van der Waals surface area contributed by atoms with Crippen molar-refractivity contribution in [1.82, 2.24) is 15.5 Å². The predicted octanol–water partition coefficient (Wildman–Crippen LogP) is 4.30. The van der Waals surface area contributed by atoms with Gasteiger partial charge in [0.15, 0.2) is 0 Å². The van der Waals surface area contributed by atoms with E-state index in [-0.39, 0.29) is 23.0 Å². The highest BCUT2D eigenvalue weighted by Gasteiger charge is 2.29. The lowest BCUT2D eigenvalue weighted by Crippen LogP contribution is -2.46. The lowest BCUT2D eigenvalue weighted by molar-refractivity contribution is -0.121. The largest absolute Gasteiger partial charge is 0.411 e. The second-order valence-electron chi connectivity index (χ2n) is 7.02. The maximum atomic E-state index is 13.0. The molecule has 5 nitrogen and oxygen atoms in total. The lowest BCUT2D eigenvalue weighted by atomic mass is 9.78. The average Bonchev–Trinajstić information content (AvgIpc) is 3.08. The highest BCUT2D eigenvalue weighted by Crippen LogP contribution is 2.30. The van der Waals surface area contributed by atoms with Gasteiger partial charge in [-0.1, -0.05) is 38.5 Å². The summed E-state index contributed by atoms with van der Waals surface area (Å²) in [6.07, 6.45) is 3.42. The summed E-state index contributed by atoms with van der Waals surface area (Å²) in [6, 6.07) is 6.08. The maximum absolute atomic E-state index is 13.0. The molecule has 1 aromatic carbocycles. The van der Waals surface area contributed by atoms with Crippen molar-refractivity contribution < 1.29 is 13.6 Å². The maximum Gasteiger partial charge on any atom is 0.277 e. The van der Waals surface area contributed by atoms with E-state index in [1.54, 1.807) is 12.1 Å². The minimum absolute atomic E-state index is 0.0116. The van der Waals surface area contributed by atoms with Gasteiger partial charge in [-0.2, -0.15) is 0 Å². The van der Waals surface area contributed by atoms with Crippen molar-refractivity contribution in [3.8, 4) is 11.5 Å². The molecule has 1 aromatic heterocycles. The van der Waals surface area contributed by atoms with Crippen LogP contribution in [0.3, 0.4) is 0 Å². The Morgan fingerprint density at radius 1 is 1.27 bits per heavy atom. The predicted molar refractivity (Wildman–Crippen MR) is 99.1 cm³/mol. The molecular formula is C19H24FN3O2S. The summed E-state index contributed by atoms with van der Waals surface area (Å²) in [5.74, 6) is 1.10. The molecule has 1 amide bonds. The summed E-state index contributed by atoms with van der Waals surface area (Å²) >= 11 is 1.23. The number of aromatic nitrogens is 2. The number of hydrogen-bond acceptors (Lipinski definition) is 5. The van der Waals surface area contributed by atoms with Crippen LogP contribution < -0.4 is 5.32 Å². The fraction of sp³-hybridized carbons (Fsp3) is 0.526. The van der Waals surface area contributed by atoms with E-state index in [1.807, 2.05) is 6.92 Å². The molecule has 1 heterocycles. The van der Waals surface area contributed by atoms with Crippen LogP contribution in [-0.4, -0.2) is 27.4 Å². The third-order valence-corrected chi connectivity index (χ3v) is 6.11. The van der Waals surface area contributed by atoms with Gasteiger partial charge in [-0.15, -0.1) is 10.2 Å². The van der Waals surface area contributed by atoms with Gasteiger partial charge in [-0.25, -0.2) is 4.39 Å². The number of benzene rings is 1. The van der Waals surface area contributed by atoms with Crippen LogP contribution in [0, 0.1) is 17.7 Å². The van der Waals surface area contributed by atoms with Crippen molar-refractivity contribution in [3.05, 3.63) is 30.1 Å². The second-order valence-corrected chi connectivity index (χ2v) is 8.31. The number of amides is 1. The molecule has 1 N–H and O–H groups in total. The fourth-order valence-corrected chi connectivity index (χ4v) is 3.95. The van der Waals surface area contributed by atoms with Gasteiger partial charge in [0.25, 0.3) is 5.22 Å². The summed E-state index contributed by atoms with van der Waals surface area (Å²) in [6.45, 7) is 6.29. The topological polar surface area (TPSA) is 68.0 Å². The van der Waals surface area contributed by atoms with E-state index in [9.17, 15) is 9.18 Å². The first-order valence-electron chi connectivity index (χ1n) is 9.00. The molecule has 1 aliphatic rings. The molecular weight excluding hydrogens is 353 g/mol. The van der Waals surface area contributed by atoms with E-state index in [2.05, 4.69) is 29.4 Å². The first-order valence-corrected chi connectivity index (χ1v) is 9.88. The summed E-state index contributed by atoms with van der Waals surface area (Å²) < 4.78 is 18.6. The van der Waals surface area contributed by atoms with Crippen LogP contribution in [-0.2, 0) is 4.79 Å². The Balaban J connectivity index is 1.58. The molecule has 0 radical (unpaired) electrons. The van der Waals surface area contributed by atoms with Crippen LogP contribution in [0.25, 0.3) is 11.5 Å². The van der Waals surface area contributed by atoms with Crippen LogP contribution >= 0.6 is 11.8 Å². The third kappa shape index (κ3) is 4.44. The molecule has 4 atom stereocenters. The smallest absolute Gasteiger partial charge is 0.277 e. The summed E-state index contributed by atoms with van der Waals surface area (Å²) in [7, 11) is 0. The standard InChI is InChI=1S/C19H24FN3O2S/c1-11-5-4-6-16(12(11)2)21-17(24)13(3)26-19-23-22-18(25-19)14-7-9-15(20)10-8-14/h7-13,16H,4-6H2,1-3H3,(H,21,24)/t11-,12-,13-,16-/m1/s1. The molecule has 0 saturated heterocycles. The Morgan fingerprint density at radius 2 is 2.00 bits per heavy atom. The molecule has 3 rings (SSSR count). The molecule has 2 aromatic rings. The Hall–Kier alpha value is -1.89. The molecule has 1 fully saturated rings. The van der Waals surface area contributed by atoms with Crippen molar-refractivity contribution >= 4 is 17.7 Å². The first kappa shape index (κ1) is 18.9. The van der Waals surface area contributed by atoms with Crippen molar-refractivity contribution in [1.29, 1.82) is 0 Å². The van der Waals surface area contributed by atoms with E-state index in [1.165, 1.54) is 30.3 Å². The third-order valence-electron chi connectivity index (χ3n) is 5.18. The zero-order valence-corrected chi connectivity index (χ0v) is 16.1. The fourth-order valence-electron chi connectivity index (χ4n) is 3.26. The van der Waals surface area contributed by atoms with E-state index < -0.39 is 0 Å². The molecule has 1 saturated carbocycles.